The first kappa shape index (κ1) is 15.6. The maximum Gasteiger partial charge on any atom is 0.319 e. The predicted octanol–water partition coefficient (Wildman–Crippen LogP) is 2.43. The summed E-state index contributed by atoms with van der Waals surface area (Å²) in [5.74, 6) is -0.307. The fraction of sp³-hybridized carbons (Fsp3) is 0.125. The number of aryl methyl sites for hydroxylation is 1. The Kier molecular flexibility index (Phi) is 4.46. The number of urea groups is 1. The van der Waals surface area contributed by atoms with Crippen LogP contribution in [-0.4, -0.2) is 26.2 Å². The molecule has 0 spiro atoms. The van der Waals surface area contributed by atoms with E-state index in [4.69, 9.17) is 0 Å². The second-order valence-electron chi connectivity index (χ2n) is 5.19. The molecule has 0 atom stereocenters. The van der Waals surface area contributed by atoms with Crippen molar-refractivity contribution in [3.8, 4) is 5.69 Å². The minimum atomic E-state index is -0.356. The molecule has 122 valence electrons. The number of amides is 2. The monoisotopic (exact) mass is 326 g/mol. The van der Waals surface area contributed by atoms with Gasteiger partial charge in [-0.3, -0.25) is 0 Å². The summed E-state index contributed by atoms with van der Waals surface area (Å²) in [6.07, 6.45) is 1.49. The molecular formula is C16H15FN6O. The molecule has 0 aliphatic carbocycles. The maximum atomic E-state index is 12.8. The number of carbonyl (C=O) groups excluding carboxylic acids is 1. The Balaban J connectivity index is 1.64. The van der Waals surface area contributed by atoms with Gasteiger partial charge in [-0.2, -0.15) is 0 Å². The molecule has 2 N–H and O–H groups in total. The lowest BCUT2D eigenvalue weighted by molar-refractivity contribution is 0.251. The third kappa shape index (κ3) is 3.72. The van der Waals surface area contributed by atoms with Crippen LogP contribution in [0, 0.1) is 12.7 Å². The van der Waals surface area contributed by atoms with E-state index < -0.39 is 0 Å². The summed E-state index contributed by atoms with van der Waals surface area (Å²) in [6.45, 7) is 2.23. The molecule has 0 aliphatic heterocycles. The molecule has 1 heterocycles. The molecule has 0 fully saturated rings. The number of anilines is 1. The van der Waals surface area contributed by atoms with E-state index in [2.05, 4.69) is 26.2 Å². The number of hydrogen-bond donors (Lipinski definition) is 2. The second-order valence-corrected chi connectivity index (χ2v) is 5.19. The second kappa shape index (κ2) is 6.86. The van der Waals surface area contributed by atoms with E-state index in [1.54, 1.807) is 24.3 Å². The zero-order chi connectivity index (χ0) is 16.9. The predicted molar refractivity (Wildman–Crippen MR) is 86.1 cm³/mol. The van der Waals surface area contributed by atoms with Gasteiger partial charge in [-0.1, -0.05) is 18.2 Å². The number of rotatable bonds is 4. The first-order valence-electron chi connectivity index (χ1n) is 7.25. The summed E-state index contributed by atoms with van der Waals surface area (Å²) >= 11 is 0. The van der Waals surface area contributed by atoms with Gasteiger partial charge in [0.15, 0.2) is 0 Å². The average molecular weight is 326 g/mol. The van der Waals surface area contributed by atoms with Crippen LogP contribution in [0.15, 0.2) is 48.8 Å². The Hall–Kier alpha value is -3.29. The van der Waals surface area contributed by atoms with Gasteiger partial charge in [0.05, 0.1) is 5.69 Å². The Bertz CT molecular complexity index is 832. The number of hydrogen-bond acceptors (Lipinski definition) is 4. The Morgan fingerprint density at radius 3 is 2.71 bits per heavy atom. The highest BCUT2D eigenvalue weighted by atomic mass is 19.1. The van der Waals surface area contributed by atoms with Crippen LogP contribution < -0.4 is 10.6 Å². The molecule has 8 heteroatoms. The van der Waals surface area contributed by atoms with Crippen molar-refractivity contribution in [2.24, 2.45) is 0 Å². The highest BCUT2D eigenvalue weighted by molar-refractivity contribution is 5.89. The van der Waals surface area contributed by atoms with Crippen molar-refractivity contribution >= 4 is 11.7 Å². The molecule has 0 unspecified atom stereocenters. The molecule has 1 aromatic heterocycles. The van der Waals surface area contributed by atoms with Crippen LogP contribution in [0.1, 0.15) is 11.1 Å². The van der Waals surface area contributed by atoms with Gasteiger partial charge < -0.3 is 10.6 Å². The number of benzene rings is 2. The Morgan fingerprint density at radius 2 is 2.00 bits per heavy atom. The third-order valence-electron chi connectivity index (χ3n) is 3.43. The van der Waals surface area contributed by atoms with Gasteiger partial charge in [-0.05, 0) is 52.7 Å². The molecule has 3 aromatic rings. The zero-order valence-corrected chi connectivity index (χ0v) is 12.9. The highest BCUT2D eigenvalue weighted by Gasteiger charge is 2.07. The van der Waals surface area contributed by atoms with Crippen LogP contribution in [0.5, 0.6) is 0 Å². The lowest BCUT2D eigenvalue weighted by atomic mass is 10.2. The summed E-state index contributed by atoms with van der Waals surface area (Å²) in [7, 11) is 0. The molecule has 0 aliphatic rings. The van der Waals surface area contributed by atoms with E-state index in [1.807, 2.05) is 13.0 Å². The number of tetrazole rings is 1. The Labute approximate surface area is 137 Å². The number of carbonyl (C=O) groups is 1. The minimum absolute atomic E-state index is 0.303. The van der Waals surface area contributed by atoms with Crippen LogP contribution in [0.2, 0.25) is 0 Å². The summed E-state index contributed by atoms with van der Waals surface area (Å²) in [5.41, 5.74) is 3.17. The van der Waals surface area contributed by atoms with Crippen LogP contribution in [0.25, 0.3) is 5.69 Å². The van der Waals surface area contributed by atoms with E-state index in [0.717, 1.165) is 16.8 Å². The fourth-order valence-electron chi connectivity index (χ4n) is 2.17. The molecule has 0 saturated carbocycles. The van der Waals surface area contributed by atoms with Crippen molar-refractivity contribution in [1.82, 2.24) is 25.5 Å². The number of aromatic nitrogens is 4. The summed E-state index contributed by atoms with van der Waals surface area (Å²) in [5, 5.41) is 16.5. The highest BCUT2D eigenvalue weighted by Crippen LogP contribution is 2.18. The van der Waals surface area contributed by atoms with Crippen molar-refractivity contribution in [1.29, 1.82) is 0 Å². The number of halogens is 1. The molecule has 7 nitrogen and oxygen atoms in total. The molecule has 2 aromatic carbocycles. The van der Waals surface area contributed by atoms with Crippen molar-refractivity contribution < 1.29 is 9.18 Å². The summed E-state index contributed by atoms with van der Waals surface area (Å²) < 4.78 is 14.4. The van der Waals surface area contributed by atoms with Gasteiger partial charge in [0, 0.05) is 12.2 Å². The lowest BCUT2D eigenvalue weighted by Gasteiger charge is -2.10. The molecule has 24 heavy (non-hydrogen) atoms. The largest absolute Gasteiger partial charge is 0.334 e. The van der Waals surface area contributed by atoms with Gasteiger partial charge in [0.25, 0.3) is 0 Å². The van der Waals surface area contributed by atoms with Gasteiger partial charge >= 0.3 is 6.03 Å². The molecule has 0 bridgehead atoms. The van der Waals surface area contributed by atoms with Crippen LogP contribution in [-0.2, 0) is 6.54 Å². The van der Waals surface area contributed by atoms with Crippen LogP contribution >= 0.6 is 0 Å². The molecular weight excluding hydrogens is 311 g/mol. The van der Waals surface area contributed by atoms with Crippen molar-refractivity contribution in [3.05, 3.63) is 65.7 Å². The normalized spacial score (nSPS) is 10.4. The van der Waals surface area contributed by atoms with Gasteiger partial charge in [0.2, 0.25) is 0 Å². The van der Waals surface area contributed by atoms with Crippen LogP contribution in [0.3, 0.4) is 0 Å². The topological polar surface area (TPSA) is 84.7 Å². The first-order valence-corrected chi connectivity index (χ1v) is 7.25. The maximum absolute atomic E-state index is 12.8. The van der Waals surface area contributed by atoms with Crippen LogP contribution in [0.4, 0.5) is 14.9 Å². The third-order valence-corrected chi connectivity index (χ3v) is 3.43. The van der Waals surface area contributed by atoms with E-state index in [9.17, 15) is 9.18 Å². The Morgan fingerprint density at radius 1 is 1.21 bits per heavy atom. The van der Waals surface area contributed by atoms with E-state index in [1.165, 1.54) is 23.1 Å². The van der Waals surface area contributed by atoms with Crippen molar-refractivity contribution in [3.63, 3.8) is 0 Å². The van der Waals surface area contributed by atoms with Gasteiger partial charge in [0.1, 0.15) is 12.1 Å². The van der Waals surface area contributed by atoms with E-state index >= 15 is 0 Å². The molecule has 0 saturated heterocycles. The van der Waals surface area contributed by atoms with E-state index in [0.29, 0.717) is 12.2 Å². The SMILES string of the molecule is Cc1ccc(NC(=O)NCc2ccc(F)cc2)cc1-n1cnnn1. The van der Waals surface area contributed by atoms with Crippen molar-refractivity contribution in [2.75, 3.05) is 5.32 Å². The summed E-state index contributed by atoms with van der Waals surface area (Å²) in [4.78, 5) is 12.0. The smallest absolute Gasteiger partial charge is 0.319 e. The van der Waals surface area contributed by atoms with Crippen molar-refractivity contribution in [2.45, 2.75) is 13.5 Å². The van der Waals surface area contributed by atoms with E-state index in [-0.39, 0.29) is 11.8 Å². The lowest BCUT2D eigenvalue weighted by Crippen LogP contribution is -2.28. The fourth-order valence-corrected chi connectivity index (χ4v) is 2.17. The zero-order valence-electron chi connectivity index (χ0n) is 12.9. The van der Waals surface area contributed by atoms with Gasteiger partial charge in [-0.15, -0.1) is 5.10 Å². The molecule has 0 radical (unpaired) electrons. The minimum Gasteiger partial charge on any atom is -0.334 e. The first-order chi connectivity index (χ1) is 11.6. The number of nitrogens with one attached hydrogen (secondary N) is 2. The molecule has 2 amide bonds. The average Bonchev–Trinajstić information content (AvgIpc) is 3.10. The molecule has 3 rings (SSSR count). The summed E-state index contributed by atoms with van der Waals surface area (Å²) in [6, 6.07) is 11.0. The standard InChI is InChI=1S/C16H15FN6O/c1-11-2-7-14(8-15(11)23-10-19-21-22-23)20-16(24)18-9-12-3-5-13(17)6-4-12/h2-8,10H,9H2,1H3,(H2,18,20,24). The number of nitrogens with zero attached hydrogens (tertiary/aromatic N) is 4. The van der Waals surface area contributed by atoms with Gasteiger partial charge in [-0.25, -0.2) is 13.9 Å². The quantitative estimate of drug-likeness (QED) is 0.771.